The average Bonchev–Trinajstić information content (AvgIpc) is 2.89. The summed E-state index contributed by atoms with van der Waals surface area (Å²) in [5.74, 6) is 0.415. The van der Waals surface area contributed by atoms with Crippen LogP contribution in [0.2, 0.25) is 5.02 Å². The Kier molecular flexibility index (Phi) is 3.77. The van der Waals surface area contributed by atoms with Crippen molar-refractivity contribution in [3.63, 3.8) is 0 Å². The molecule has 1 aromatic heterocycles. The van der Waals surface area contributed by atoms with Crippen LogP contribution >= 0.6 is 11.6 Å². The number of hydrogen-bond donors (Lipinski definition) is 2. The number of hydrogen-bond acceptors (Lipinski definition) is 4. The maximum atomic E-state index is 14.3. The van der Waals surface area contributed by atoms with E-state index in [-0.39, 0.29) is 23.7 Å². The molecule has 5 nitrogen and oxygen atoms in total. The lowest BCUT2D eigenvalue weighted by Crippen LogP contribution is -1.98. The maximum absolute atomic E-state index is 14.3. The van der Waals surface area contributed by atoms with Crippen LogP contribution in [-0.4, -0.2) is 17.3 Å². The fourth-order valence-corrected chi connectivity index (χ4v) is 2.41. The summed E-state index contributed by atoms with van der Waals surface area (Å²) in [6.07, 6.45) is 0. The van der Waals surface area contributed by atoms with E-state index in [9.17, 15) is 4.39 Å². The van der Waals surface area contributed by atoms with Gasteiger partial charge in [0, 0.05) is 5.39 Å². The molecule has 0 spiro atoms. The summed E-state index contributed by atoms with van der Waals surface area (Å²) in [7, 11) is 1.54. The third-order valence-electron chi connectivity index (χ3n) is 3.28. The number of fused-ring (bicyclic) bond motifs is 1. The number of nitrogen functional groups attached to an aromatic ring is 1. The molecule has 0 fully saturated rings. The van der Waals surface area contributed by atoms with Crippen LogP contribution in [0.5, 0.6) is 11.5 Å². The summed E-state index contributed by atoms with van der Waals surface area (Å²) < 4.78 is 24.9. The normalized spacial score (nSPS) is 10.9. The highest BCUT2D eigenvalue weighted by Gasteiger charge is 2.13. The van der Waals surface area contributed by atoms with Crippen LogP contribution in [-0.2, 0) is 6.61 Å². The van der Waals surface area contributed by atoms with E-state index in [2.05, 4.69) is 10.2 Å². The predicted molar refractivity (Wildman–Crippen MR) is 82.8 cm³/mol. The second kappa shape index (κ2) is 5.73. The molecule has 0 amide bonds. The van der Waals surface area contributed by atoms with Gasteiger partial charge in [-0.1, -0.05) is 17.7 Å². The molecule has 0 aliphatic heterocycles. The van der Waals surface area contributed by atoms with Gasteiger partial charge in [-0.3, -0.25) is 5.10 Å². The minimum atomic E-state index is -0.527. The number of halogens is 2. The first-order chi connectivity index (χ1) is 10.6. The molecule has 0 radical (unpaired) electrons. The fourth-order valence-electron chi connectivity index (χ4n) is 2.13. The Hall–Kier alpha value is -2.47. The Labute approximate surface area is 130 Å². The monoisotopic (exact) mass is 321 g/mol. The summed E-state index contributed by atoms with van der Waals surface area (Å²) in [5, 5.41) is 7.32. The zero-order valence-corrected chi connectivity index (χ0v) is 12.4. The lowest BCUT2D eigenvalue weighted by molar-refractivity contribution is 0.291. The molecule has 3 aromatic rings. The SMILES string of the molecule is COc1ccc(COc2ccc3c(N)n[nH]c3c2F)cc1Cl. The van der Waals surface area contributed by atoms with Crippen molar-refractivity contribution in [1.29, 1.82) is 0 Å². The van der Waals surface area contributed by atoms with E-state index in [1.807, 2.05) is 0 Å². The number of ether oxygens (including phenoxy) is 2. The van der Waals surface area contributed by atoms with E-state index in [1.54, 1.807) is 24.3 Å². The molecule has 0 unspecified atom stereocenters. The van der Waals surface area contributed by atoms with Gasteiger partial charge >= 0.3 is 0 Å². The number of rotatable bonds is 4. The van der Waals surface area contributed by atoms with E-state index < -0.39 is 5.82 Å². The zero-order valence-electron chi connectivity index (χ0n) is 11.7. The first kappa shape index (κ1) is 14.5. The number of anilines is 1. The smallest absolute Gasteiger partial charge is 0.190 e. The standard InChI is InChI=1S/C15H13ClFN3O2/c1-21-11-4-2-8(6-10(11)16)7-22-12-5-3-9-14(13(12)17)19-20-15(9)18/h2-6H,7H2,1H3,(H3,18,19,20). The van der Waals surface area contributed by atoms with Crippen LogP contribution in [0, 0.1) is 5.82 Å². The summed E-state index contributed by atoms with van der Waals surface area (Å²) in [5.41, 5.74) is 6.65. The average molecular weight is 322 g/mol. The van der Waals surface area contributed by atoms with Crippen LogP contribution in [0.15, 0.2) is 30.3 Å². The number of aromatic amines is 1. The Morgan fingerprint density at radius 3 is 2.77 bits per heavy atom. The first-order valence-electron chi connectivity index (χ1n) is 6.47. The largest absolute Gasteiger partial charge is 0.495 e. The minimum absolute atomic E-state index is 0.114. The van der Waals surface area contributed by atoms with Crippen LogP contribution in [0.4, 0.5) is 10.2 Å². The number of methoxy groups -OCH3 is 1. The summed E-state index contributed by atoms with van der Waals surface area (Å²) >= 11 is 6.04. The lowest BCUT2D eigenvalue weighted by atomic mass is 10.2. The van der Waals surface area contributed by atoms with E-state index in [0.717, 1.165) is 5.56 Å². The van der Waals surface area contributed by atoms with Crippen LogP contribution in [0.25, 0.3) is 10.9 Å². The van der Waals surface area contributed by atoms with Crippen molar-refractivity contribution >= 4 is 28.3 Å². The predicted octanol–water partition coefficient (Wildman–Crippen LogP) is 3.53. The fraction of sp³-hybridized carbons (Fsp3) is 0.133. The topological polar surface area (TPSA) is 73.2 Å². The molecule has 0 bridgehead atoms. The highest BCUT2D eigenvalue weighted by Crippen LogP contribution is 2.29. The molecular weight excluding hydrogens is 309 g/mol. The van der Waals surface area contributed by atoms with E-state index in [0.29, 0.717) is 16.2 Å². The molecule has 114 valence electrons. The molecule has 0 atom stereocenters. The zero-order chi connectivity index (χ0) is 15.7. The highest BCUT2D eigenvalue weighted by molar-refractivity contribution is 6.32. The number of benzene rings is 2. The second-order valence-electron chi connectivity index (χ2n) is 4.67. The second-order valence-corrected chi connectivity index (χ2v) is 5.07. The molecule has 0 aliphatic carbocycles. The molecule has 0 aliphatic rings. The molecule has 22 heavy (non-hydrogen) atoms. The Morgan fingerprint density at radius 2 is 2.05 bits per heavy atom. The van der Waals surface area contributed by atoms with Gasteiger partial charge in [0.1, 0.15) is 17.9 Å². The molecule has 3 N–H and O–H groups in total. The van der Waals surface area contributed by atoms with Crippen molar-refractivity contribution in [1.82, 2.24) is 10.2 Å². The van der Waals surface area contributed by atoms with Gasteiger partial charge in [0.05, 0.1) is 12.1 Å². The number of nitrogens with two attached hydrogens (primary N) is 1. The Morgan fingerprint density at radius 1 is 1.27 bits per heavy atom. The van der Waals surface area contributed by atoms with Crippen molar-refractivity contribution in [3.8, 4) is 11.5 Å². The van der Waals surface area contributed by atoms with E-state index in [1.165, 1.54) is 13.2 Å². The number of nitrogens with one attached hydrogen (secondary N) is 1. The first-order valence-corrected chi connectivity index (χ1v) is 6.85. The van der Waals surface area contributed by atoms with Gasteiger partial charge in [-0.05, 0) is 29.8 Å². The van der Waals surface area contributed by atoms with Gasteiger partial charge in [-0.25, -0.2) is 4.39 Å². The third kappa shape index (κ3) is 2.53. The van der Waals surface area contributed by atoms with Gasteiger partial charge in [0.15, 0.2) is 17.4 Å². The van der Waals surface area contributed by atoms with Crippen molar-refractivity contribution in [2.24, 2.45) is 0 Å². The van der Waals surface area contributed by atoms with Crippen molar-refractivity contribution < 1.29 is 13.9 Å². The third-order valence-corrected chi connectivity index (χ3v) is 3.58. The molecule has 7 heteroatoms. The Bertz CT molecular complexity index is 835. The van der Waals surface area contributed by atoms with Crippen molar-refractivity contribution in [2.45, 2.75) is 6.61 Å². The maximum Gasteiger partial charge on any atom is 0.190 e. The molecular formula is C15H13ClFN3O2. The summed E-state index contributed by atoms with van der Waals surface area (Å²) in [6.45, 7) is 0.176. The number of H-pyrrole nitrogens is 1. The van der Waals surface area contributed by atoms with Gasteiger partial charge in [0.25, 0.3) is 0 Å². The van der Waals surface area contributed by atoms with Gasteiger partial charge in [-0.2, -0.15) is 5.10 Å². The lowest BCUT2D eigenvalue weighted by Gasteiger charge is -2.09. The molecule has 2 aromatic carbocycles. The molecule has 0 saturated heterocycles. The molecule has 1 heterocycles. The minimum Gasteiger partial charge on any atom is -0.495 e. The van der Waals surface area contributed by atoms with Crippen LogP contribution in [0.3, 0.4) is 0 Å². The van der Waals surface area contributed by atoms with E-state index >= 15 is 0 Å². The van der Waals surface area contributed by atoms with Crippen molar-refractivity contribution in [3.05, 3.63) is 46.7 Å². The Balaban J connectivity index is 1.82. The van der Waals surface area contributed by atoms with Gasteiger partial charge in [0.2, 0.25) is 0 Å². The van der Waals surface area contributed by atoms with E-state index in [4.69, 9.17) is 26.8 Å². The number of nitrogens with zero attached hydrogens (tertiary/aromatic N) is 1. The highest BCUT2D eigenvalue weighted by atomic mass is 35.5. The quantitative estimate of drug-likeness (QED) is 0.771. The molecule has 3 rings (SSSR count). The summed E-state index contributed by atoms with van der Waals surface area (Å²) in [6, 6.07) is 8.43. The van der Waals surface area contributed by atoms with Gasteiger partial charge in [-0.15, -0.1) is 0 Å². The van der Waals surface area contributed by atoms with Crippen LogP contribution in [0.1, 0.15) is 5.56 Å². The van der Waals surface area contributed by atoms with Gasteiger partial charge < -0.3 is 15.2 Å². The molecule has 0 saturated carbocycles. The number of aromatic nitrogens is 2. The summed E-state index contributed by atoms with van der Waals surface area (Å²) in [4.78, 5) is 0. The van der Waals surface area contributed by atoms with Crippen molar-refractivity contribution in [2.75, 3.05) is 12.8 Å². The van der Waals surface area contributed by atoms with Crippen LogP contribution < -0.4 is 15.2 Å².